The van der Waals surface area contributed by atoms with E-state index in [4.69, 9.17) is 9.57 Å². The van der Waals surface area contributed by atoms with Crippen LogP contribution in [0.3, 0.4) is 0 Å². The highest BCUT2D eigenvalue weighted by atomic mass is 32.2. The Bertz CT molecular complexity index is 1550. The number of hydrogen-bond acceptors (Lipinski definition) is 10. The second-order valence-electron chi connectivity index (χ2n) is 9.20. The summed E-state index contributed by atoms with van der Waals surface area (Å²) in [6.07, 6.45) is 1.31. The Labute approximate surface area is 255 Å². The summed E-state index contributed by atoms with van der Waals surface area (Å²) in [5, 5.41) is 10.3. The Balaban J connectivity index is 1.36. The zero-order chi connectivity index (χ0) is 30.3. The van der Waals surface area contributed by atoms with E-state index in [-0.39, 0.29) is 28.8 Å². The summed E-state index contributed by atoms with van der Waals surface area (Å²) < 4.78 is 6.07. The molecule has 43 heavy (non-hydrogen) atoms. The molecule has 2 atom stereocenters. The summed E-state index contributed by atoms with van der Waals surface area (Å²) >= 11 is 2.49. The molecule has 0 radical (unpaired) electrons. The topological polar surface area (TPSA) is 139 Å². The number of nitrogens with one attached hydrogen (secondary N) is 2. The lowest BCUT2D eigenvalue weighted by atomic mass is 10.0. The molecule has 3 aromatic rings. The van der Waals surface area contributed by atoms with E-state index < -0.39 is 35.3 Å². The molecule has 11 nitrogen and oxygen atoms in total. The minimum absolute atomic E-state index is 0.0957. The Morgan fingerprint density at radius 1 is 1.16 bits per heavy atom. The molecule has 3 heterocycles. The summed E-state index contributed by atoms with van der Waals surface area (Å²) in [5.74, 6) is -1.47. The van der Waals surface area contributed by atoms with E-state index in [9.17, 15) is 19.2 Å². The van der Waals surface area contributed by atoms with E-state index in [1.165, 1.54) is 22.0 Å². The van der Waals surface area contributed by atoms with Gasteiger partial charge in [-0.25, -0.2) is 9.78 Å². The lowest BCUT2D eigenvalue weighted by Crippen LogP contribution is -2.71. The maximum atomic E-state index is 13.8. The fourth-order valence-electron chi connectivity index (χ4n) is 4.58. The van der Waals surface area contributed by atoms with Crippen molar-refractivity contribution in [1.82, 2.24) is 15.2 Å². The van der Waals surface area contributed by atoms with E-state index in [1.807, 2.05) is 60.7 Å². The highest BCUT2D eigenvalue weighted by Crippen LogP contribution is 2.42. The van der Waals surface area contributed by atoms with E-state index in [1.54, 1.807) is 13.0 Å². The highest BCUT2D eigenvalue weighted by Gasteiger charge is 2.54. The van der Waals surface area contributed by atoms with Gasteiger partial charge in [0.2, 0.25) is 6.41 Å². The van der Waals surface area contributed by atoms with Gasteiger partial charge in [0.15, 0.2) is 16.9 Å². The number of aromatic nitrogens is 1. The predicted octanol–water partition coefficient (Wildman–Crippen LogP) is 3.62. The van der Waals surface area contributed by atoms with Crippen LogP contribution >= 0.6 is 23.1 Å². The van der Waals surface area contributed by atoms with Gasteiger partial charge in [-0.2, -0.15) is 0 Å². The minimum atomic E-state index is -0.941. The lowest BCUT2D eigenvalue weighted by molar-refractivity contribution is -0.154. The van der Waals surface area contributed by atoms with Crippen molar-refractivity contribution in [2.24, 2.45) is 5.16 Å². The van der Waals surface area contributed by atoms with Crippen molar-refractivity contribution < 1.29 is 28.8 Å². The molecule has 2 aliphatic rings. The molecule has 1 saturated heterocycles. The first-order valence-corrected chi connectivity index (χ1v) is 15.2. The quantitative estimate of drug-likeness (QED) is 0.103. The molecule has 2 N–H and O–H groups in total. The maximum Gasteiger partial charge on any atom is 0.356 e. The second kappa shape index (κ2) is 13.5. The molecule has 13 heteroatoms. The van der Waals surface area contributed by atoms with Crippen LogP contribution in [-0.4, -0.2) is 63.6 Å². The zero-order valence-electron chi connectivity index (χ0n) is 23.0. The van der Waals surface area contributed by atoms with E-state index in [0.29, 0.717) is 17.7 Å². The number of β-lactam (4-membered cyclic amide) rings is 1. The van der Waals surface area contributed by atoms with Crippen molar-refractivity contribution >= 4 is 58.1 Å². The molecule has 1 aromatic heterocycles. The van der Waals surface area contributed by atoms with Crippen molar-refractivity contribution in [2.45, 2.75) is 24.4 Å². The summed E-state index contributed by atoms with van der Waals surface area (Å²) in [5.41, 5.74) is 2.23. The third kappa shape index (κ3) is 6.22. The molecule has 0 aliphatic carbocycles. The molecule has 0 bridgehead atoms. The van der Waals surface area contributed by atoms with Gasteiger partial charge in [-0.15, -0.1) is 23.1 Å². The van der Waals surface area contributed by atoms with Gasteiger partial charge in [0, 0.05) is 11.1 Å². The number of carbonyl (C=O) groups excluding carboxylic acids is 4. The number of thioether (sulfide) groups is 1. The number of nitrogens with zero attached hydrogens (tertiary/aromatic N) is 3. The minimum Gasteiger partial charge on any atom is -0.448 e. The van der Waals surface area contributed by atoms with E-state index in [0.717, 1.165) is 22.5 Å². The summed E-state index contributed by atoms with van der Waals surface area (Å²) in [6, 6.07) is 17.7. The number of rotatable bonds is 12. The average molecular weight is 618 g/mol. The third-order valence-electron chi connectivity index (χ3n) is 6.58. The summed E-state index contributed by atoms with van der Waals surface area (Å²) in [7, 11) is 0. The number of benzene rings is 2. The molecule has 5 rings (SSSR count). The third-order valence-corrected chi connectivity index (χ3v) is 8.66. The van der Waals surface area contributed by atoms with Crippen molar-refractivity contribution in [1.29, 1.82) is 0 Å². The van der Waals surface area contributed by atoms with Gasteiger partial charge in [0.05, 0.1) is 0 Å². The number of thiazole rings is 1. The standard InChI is InChI=1S/C30H27N5O6S2/c1-3-18-15-42-28-23(33-26(37)22(34-40-4-2)21-16-43-30(32-21)31-17-36)27(38)35(28)24(18)29(39)41-25(19-11-7-5-8-12-19)20-13-9-6-10-14-20/h3,5-14,16-17,23,25,28H,1,4,15H2,2H3,(H,33,37)(H,31,32,36)/b34-22+/t23?,28-/m1/s1. The molecule has 0 spiro atoms. The number of oxime groups is 1. The van der Waals surface area contributed by atoms with Crippen molar-refractivity contribution in [3.05, 3.63) is 107 Å². The normalized spacial score (nSPS) is 18.0. The highest BCUT2D eigenvalue weighted by molar-refractivity contribution is 8.00. The molecular formula is C30H27N5O6S2. The van der Waals surface area contributed by atoms with Gasteiger partial charge < -0.3 is 20.2 Å². The van der Waals surface area contributed by atoms with Crippen LogP contribution in [0.2, 0.25) is 0 Å². The Hall–Kier alpha value is -4.75. The van der Waals surface area contributed by atoms with Gasteiger partial charge in [-0.3, -0.25) is 19.3 Å². The first-order chi connectivity index (χ1) is 21.0. The van der Waals surface area contributed by atoms with Crippen LogP contribution in [0.4, 0.5) is 5.13 Å². The second-order valence-corrected chi connectivity index (χ2v) is 11.2. The largest absolute Gasteiger partial charge is 0.448 e. The van der Waals surface area contributed by atoms with Gasteiger partial charge in [0.25, 0.3) is 11.8 Å². The smallest absolute Gasteiger partial charge is 0.356 e. The Morgan fingerprint density at radius 2 is 1.84 bits per heavy atom. The fourth-order valence-corrected chi connectivity index (χ4v) is 6.57. The fraction of sp³-hybridized carbons (Fsp3) is 0.200. The SMILES string of the molecule is C=CC1=C(C(=O)OC(c2ccccc2)c2ccccc2)N2C(=O)C(NC(=O)/C(=N/OCC)c3csc(NC=O)n3)[C@H]2SC1. The van der Waals surface area contributed by atoms with Crippen molar-refractivity contribution in [2.75, 3.05) is 17.7 Å². The zero-order valence-corrected chi connectivity index (χ0v) is 24.6. The number of hydrogen-bond donors (Lipinski definition) is 2. The van der Waals surface area contributed by atoms with Gasteiger partial charge in [0.1, 0.15) is 29.4 Å². The van der Waals surface area contributed by atoms with Crippen LogP contribution in [0.1, 0.15) is 29.8 Å². The molecule has 2 aliphatic heterocycles. The Kier molecular flexibility index (Phi) is 9.32. The molecule has 220 valence electrons. The monoisotopic (exact) mass is 617 g/mol. The van der Waals surface area contributed by atoms with E-state index in [2.05, 4.69) is 27.4 Å². The van der Waals surface area contributed by atoms with E-state index >= 15 is 0 Å². The maximum absolute atomic E-state index is 13.8. The number of fused-ring (bicyclic) bond motifs is 1. The molecule has 1 unspecified atom stereocenters. The summed E-state index contributed by atoms with van der Waals surface area (Å²) in [6.45, 7) is 5.74. The van der Waals surface area contributed by atoms with Crippen LogP contribution in [0.25, 0.3) is 0 Å². The summed E-state index contributed by atoms with van der Waals surface area (Å²) in [4.78, 5) is 62.0. The van der Waals surface area contributed by atoms with Gasteiger partial charge in [-0.1, -0.05) is 78.5 Å². The first-order valence-electron chi connectivity index (χ1n) is 13.2. The van der Waals surface area contributed by atoms with Crippen LogP contribution in [0.5, 0.6) is 0 Å². The van der Waals surface area contributed by atoms with Gasteiger partial charge >= 0.3 is 5.97 Å². The molecule has 0 saturated carbocycles. The molecular weight excluding hydrogens is 590 g/mol. The van der Waals surface area contributed by atoms with Gasteiger partial charge in [-0.05, 0) is 23.6 Å². The number of carbonyl (C=O) groups is 4. The Morgan fingerprint density at radius 3 is 2.44 bits per heavy atom. The first kappa shape index (κ1) is 29.7. The molecule has 2 aromatic carbocycles. The number of esters is 1. The number of anilines is 1. The van der Waals surface area contributed by atoms with Crippen LogP contribution in [-0.2, 0) is 28.8 Å². The van der Waals surface area contributed by atoms with Crippen LogP contribution < -0.4 is 10.6 Å². The molecule has 3 amide bonds. The van der Waals surface area contributed by atoms with Crippen molar-refractivity contribution in [3.63, 3.8) is 0 Å². The van der Waals surface area contributed by atoms with Crippen LogP contribution in [0, 0.1) is 0 Å². The number of amides is 3. The van der Waals surface area contributed by atoms with Crippen molar-refractivity contribution in [3.8, 4) is 0 Å². The lowest BCUT2D eigenvalue weighted by Gasteiger charge is -2.49. The average Bonchev–Trinajstić information content (AvgIpc) is 3.50. The number of ether oxygens (including phenoxy) is 1. The molecule has 1 fully saturated rings. The predicted molar refractivity (Wildman–Crippen MR) is 163 cm³/mol. The van der Waals surface area contributed by atoms with Crippen LogP contribution in [0.15, 0.2) is 95.1 Å². The number of allylic oxidation sites excluding steroid dienone is 1.